The highest BCUT2D eigenvalue weighted by Crippen LogP contribution is 2.39. The third-order valence-electron chi connectivity index (χ3n) is 3.79. The first-order valence-corrected chi connectivity index (χ1v) is 7.67. The Hall–Kier alpha value is -0.470. The standard InChI is InChI=1S/C15H23NS/c1-2-13-7-3-4-9-15(13)17-14-8-5-6-12(10-14)11-16/h5-6,8,10,13,15H,2-4,7,9,11,16H2,1H3. The minimum atomic E-state index is 0.649. The SMILES string of the molecule is CCC1CCCCC1Sc1cccc(CN)c1. The molecule has 1 fully saturated rings. The van der Waals surface area contributed by atoms with Gasteiger partial charge in [-0.15, -0.1) is 11.8 Å². The molecule has 0 spiro atoms. The molecule has 2 atom stereocenters. The van der Waals surface area contributed by atoms with Crippen molar-refractivity contribution in [3.05, 3.63) is 29.8 Å². The number of hydrogen-bond acceptors (Lipinski definition) is 2. The van der Waals surface area contributed by atoms with Crippen LogP contribution in [0.25, 0.3) is 0 Å². The molecule has 94 valence electrons. The highest BCUT2D eigenvalue weighted by molar-refractivity contribution is 8.00. The molecule has 0 saturated heterocycles. The second-order valence-corrected chi connectivity index (χ2v) is 6.27. The molecular weight excluding hydrogens is 226 g/mol. The summed E-state index contributed by atoms with van der Waals surface area (Å²) in [5.74, 6) is 0.912. The first-order valence-electron chi connectivity index (χ1n) is 6.79. The fraction of sp³-hybridized carbons (Fsp3) is 0.600. The number of thioether (sulfide) groups is 1. The smallest absolute Gasteiger partial charge is 0.0178 e. The van der Waals surface area contributed by atoms with Crippen molar-refractivity contribution >= 4 is 11.8 Å². The Morgan fingerprint density at radius 3 is 2.88 bits per heavy atom. The number of benzene rings is 1. The summed E-state index contributed by atoms with van der Waals surface area (Å²) in [6.07, 6.45) is 6.97. The second-order valence-electron chi connectivity index (χ2n) is 4.96. The molecule has 0 bridgehead atoms. The second kappa shape index (κ2) is 6.46. The molecule has 1 aliphatic rings. The molecule has 0 aromatic heterocycles. The maximum atomic E-state index is 5.70. The van der Waals surface area contributed by atoms with E-state index in [0.717, 1.165) is 11.2 Å². The van der Waals surface area contributed by atoms with Crippen LogP contribution in [0.1, 0.15) is 44.6 Å². The van der Waals surface area contributed by atoms with Gasteiger partial charge in [0.25, 0.3) is 0 Å². The van der Waals surface area contributed by atoms with Crippen LogP contribution in [0.2, 0.25) is 0 Å². The van der Waals surface area contributed by atoms with E-state index in [4.69, 9.17) is 5.73 Å². The van der Waals surface area contributed by atoms with Crippen LogP contribution >= 0.6 is 11.8 Å². The van der Waals surface area contributed by atoms with Crippen molar-refractivity contribution in [2.75, 3.05) is 0 Å². The molecule has 2 rings (SSSR count). The van der Waals surface area contributed by atoms with Crippen molar-refractivity contribution in [3.8, 4) is 0 Å². The van der Waals surface area contributed by atoms with Crippen molar-refractivity contribution in [1.82, 2.24) is 0 Å². The van der Waals surface area contributed by atoms with Crippen LogP contribution in [-0.4, -0.2) is 5.25 Å². The Morgan fingerprint density at radius 1 is 1.29 bits per heavy atom. The third kappa shape index (κ3) is 3.49. The molecule has 0 heterocycles. The summed E-state index contributed by atoms with van der Waals surface area (Å²) < 4.78 is 0. The lowest BCUT2D eigenvalue weighted by atomic mass is 9.87. The van der Waals surface area contributed by atoms with Crippen LogP contribution in [0.4, 0.5) is 0 Å². The number of rotatable bonds is 4. The highest BCUT2D eigenvalue weighted by atomic mass is 32.2. The van der Waals surface area contributed by atoms with Gasteiger partial charge >= 0.3 is 0 Å². The summed E-state index contributed by atoms with van der Waals surface area (Å²) in [5.41, 5.74) is 6.95. The van der Waals surface area contributed by atoms with Crippen molar-refractivity contribution < 1.29 is 0 Å². The van der Waals surface area contributed by atoms with Gasteiger partial charge in [-0.3, -0.25) is 0 Å². The van der Waals surface area contributed by atoms with Crippen LogP contribution in [-0.2, 0) is 6.54 Å². The molecule has 0 aliphatic heterocycles. The van der Waals surface area contributed by atoms with Gasteiger partial charge < -0.3 is 5.73 Å². The highest BCUT2D eigenvalue weighted by Gasteiger charge is 2.24. The van der Waals surface area contributed by atoms with E-state index >= 15 is 0 Å². The summed E-state index contributed by atoms with van der Waals surface area (Å²) in [6, 6.07) is 8.73. The van der Waals surface area contributed by atoms with E-state index in [1.54, 1.807) is 0 Å². The maximum absolute atomic E-state index is 5.70. The number of nitrogens with two attached hydrogens (primary N) is 1. The Bertz CT molecular complexity index is 351. The van der Waals surface area contributed by atoms with Gasteiger partial charge in [0, 0.05) is 16.7 Å². The van der Waals surface area contributed by atoms with Gasteiger partial charge in [0.15, 0.2) is 0 Å². The average molecular weight is 249 g/mol. The van der Waals surface area contributed by atoms with E-state index in [-0.39, 0.29) is 0 Å². The molecule has 17 heavy (non-hydrogen) atoms. The van der Waals surface area contributed by atoms with E-state index in [0.29, 0.717) is 6.54 Å². The summed E-state index contributed by atoms with van der Waals surface area (Å²) in [4.78, 5) is 1.40. The Morgan fingerprint density at radius 2 is 2.12 bits per heavy atom. The van der Waals surface area contributed by atoms with E-state index in [2.05, 4.69) is 43.0 Å². The zero-order valence-electron chi connectivity index (χ0n) is 10.7. The molecule has 1 aliphatic carbocycles. The Labute approximate surface area is 109 Å². The van der Waals surface area contributed by atoms with Gasteiger partial charge in [-0.25, -0.2) is 0 Å². The molecule has 2 N–H and O–H groups in total. The molecule has 1 nitrogen and oxygen atoms in total. The lowest BCUT2D eigenvalue weighted by Crippen LogP contribution is -2.21. The van der Waals surface area contributed by atoms with Gasteiger partial charge in [0.2, 0.25) is 0 Å². The Balaban J connectivity index is 2.02. The first kappa shape index (κ1) is 13.0. The molecule has 1 saturated carbocycles. The fourth-order valence-corrected chi connectivity index (χ4v) is 4.25. The van der Waals surface area contributed by atoms with E-state index < -0.39 is 0 Å². The van der Waals surface area contributed by atoms with Crippen molar-refractivity contribution in [1.29, 1.82) is 0 Å². The maximum Gasteiger partial charge on any atom is 0.0178 e. The summed E-state index contributed by atoms with van der Waals surface area (Å²) in [5, 5.41) is 0.821. The molecule has 0 radical (unpaired) electrons. The zero-order chi connectivity index (χ0) is 12.1. The zero-order valence-corrected chi connectivity index (χ0v) is 11.5. The van der Waals surface area contributed by atoms with Crippen LogP contribution in [0.5, 0.6) is 0 Å². The Kier molecular flexibility index (Phi) is 4.93. The summed E-state index contributed by atoms with van der Waals surface area (Å²) in [6.45, 7) is 2.98. The van der Waals surface area contributed by atoms with Gasteiger partial charge in [0.1, 0.15) is 0 Å². The monoisotopic (exact) mass is 249 g/mol. The predicted molar refractivity (Wildman–Crippen MR) is 76.2 cm³/mol. The van der Waals surface area contributed by atoms with Gasteiger partial charge in [-0.05, 0) is 36.5 Å². The summed E-state index contributed by atoms with van der Waals surface area (Å²) >= 11 is 2.07. The van der Waals surface area contributed by atoms with Crippen molar-refractivity contribution in [2.45, 2.75) is 55.7 Å². The topological polar surface area (TPSA) is 26.0 Å². The molecule has 2 heteroatoms. The van der Waals surface area contributed by atoms with Crippen molar-refractivity contribution in [2.24, 2.45) is 11.7 Å². The third-order valence-corrected chi connectivity index (χ3v) is 5.23. The van der Waals surface area contributed by atoms with Crippen molar-refractivity contribution in [3.63, 3.8) is 0 Å². The van der Waals surface area contributed by atoms with Crippen LogP contribution in [0.3, 0.4) is 0 Å². The largest absolute Gasteiger partial charge is 0.326 e. The number of hydrogen-bond donors (Lipinski definition) is 1. The normalized spacial score (nSPS) is 24.8. The first-order chi connectivity index (χ1) is 8.33. The van der Waals surface area contributed by atoms with Crippen LogP contribution in [0, 0.1) is 5.92 Å². The fourth-order valence-electron chi connectivity index (χ4n) is 2.72. The predicted octanol–water partition coefficient (Wildman–Crippen LogP) is 4.21. The quantitative estimate of drug-likeness (QED) is 0.865. The molecule has 1 aromatic rings. The van der Waals surface area contributed by atoms with E-state index in [1.165, 1.54) is 42.6 Å². The van der Waals surface area contributed by atoms with Crippen LogP contribution in [0.15, 0.2) is 29.2 Å². The van der Waals surface area contributed by atoms with E-state index in [1.807, 2.05) is 0 Å². The molecule has 0 amide bonds. The van der Waals surface area contributed by atoms with Crippen LogP contribution < -0.4 is 5.73 Å². The van der Waals surface area contributed by atoms with Gasteiger partial charge in [-0.1, -0.05) is 38.3 Å². The molecule has 1 aromatic carbocycles. The lowest BCUT2D eigenvalue weighted by molar-refractivity contribution is 0.361. The minimum absolute atomic E-state index is 0.649. The van der Waals surface area contributed by atoms with E-state index in [9.17, 15) is 0 Å². The van der Waals surface area contributed by atoms with Gasteiger partial charge in [-0.2, -0.15) is 0 Å². The average Bonchev–Trinajstić information content (AvgIpc) is 2.39. The molecular formula is C15H23NS. The van der Waals surface area contributed by atoms with Gasteiger partial charge in [0.05, 0.1) is 0 Å². The lowest BCUT2D eigenvalue weighted by Gasteiger charge is -2.30. The minimum Gasteiger partial charge on any atom is -0.326 e. The molecule has 2 unspecified atom stereocenters. The summed E-state index contributed by atoms with van der Waals surface area (Å²) in [7, 11) is 0.